The Balaban J connectivity index is 1.42. The second kappa shape index (κ2) is 8.14. The average Bonchev–Trinajstić information content (AvgIpc) is 2.62. The first-order valence-electron chi connectivity index (χ1n) is 9.21. The Morgan fingerprint density at radius 1 is 1.08 bits per heavy atom. The quantitative estimate of drug-likeness (QED) is 0.857. The molecule has 1 aliphatic heterocycles. The van der Waals surface area contributed by atoms with Crippen LogP contribution in [0.5, 0.6) is 0 Å². The van der Waals surface area contributed by atoms with Crippen LogP contribution in [0.2, 0.25) is 0 Å². The van der Waals surface area contributed by atoms with Gasteiger partial charge in [0.1, 0.15) is 5.82 Å². The molecule has 2 amide bonds. The van der Waals surface area contributed by atoms with Gasteiger partial charge in [0.15, 0.2) is 0 Å². The van der Waals surface area contributed by atoms with E-state index in [4.69, 9.17) is 0 Å². The molecule has 1 aliphatic carbocycles. The lowest BCUT2D eigenvalue weighted by Crippen LogP contribution is -2.51. The van der Waals surface area contributed by atoms with Crippen molar-refractivity contribution in [3.8, 4) is 0 Å². The predicted octanol–water partition coefficient (Wildman–Crippen LogP) is 3.47. The van der Waals surface area contributed by atoms with Crippen molar-refractivity contribution in [2.75, 3.05) is 18.0 Å². The Bertz CT molecular complexity index is 588. The fraction of sp³-hybridized carbons (Fsp3) is 0.667. The van der Waals surface area contributed by atoms with Crippen molar-refractivity contribution < 1.29 is 18.0 Å². The Morgan fingerprint density at radius 2 is 1.81 bits per heavy atom. The van der Waals surface area contributed by atoms with Crippen LogP contribution in [0.3, 0.4) is 0 Å². The van der Waals surface area contributed by atoms with E-state index in [9.17, 15) is 18.0 Å². The Kier molecular flexibility index (Phi) is 5.88. The first-order chi connectivity index (χ1) is 12.4. The molecule has 2 atom stereocenters. The summed E-state index contributed by atoms with van der Waals surface area (Å²) >= 11 is 0. The highest BCUT2D eigenvalue weighted by atomic mass is 19.4. The van der Waals surface area contributed by atoms with E-state index in [1.54, 1.807) is 6.20 Å². The first kappa shape index (κ1) is 18.8. The highest BCUT2D eigenvalue weighted by Gasteiger charge is 2.42. The zero-order valence-electron chi connectivity index (χ0n) is 14.6. The third-order valence-corrected chi connectivity index (χ3v) is 5.28. The largest absolute Gasteiger partial charge is 0.391 e. The van der Waals surface area contributed by atoms with Crippen LogP contribution in [0.25, 0.3) is 0 Å². The minimum absolute atomic E-state index is 0.0188. The fourth-order valence-electron chi connectivity index (χ4n) is 3.82. The van der Waals surface area contributed by atoms with E-state index in [2.05, 4.69) is 20.5 Å². The number of rotatable bonds is 3. The summed E-state index contributed by atoms with van der Waals surface area (Å²) in [6.45, 7) is 1.59. The molecule has 3 rings (SSSR count). The van der Waals surface area contributed by atoms with Crippen molar-refractivity contribution in [1.82, 2.24) is 15.6 Å². The smallest absolute Gasteiger partial charge is 0.356 e. The van der Waals surface area contributed by atoms with Gasteiger partial charge < -0.3 is 15.5 Å². The zero-order chi connectivity index (χ0) is 18.6. The number of halogens is 3. The molecule has 0 spiro atoms. The first-order valence-corrected chi connectivity index (χ1v) is 9.21. The maximum atomic E-state index is 12.9. The molecule has 1 saturated carbocycles. The molecular weight excluding hydrogens is 345 g/mol. The van der Waals surface area contributed by atoms with Crippen molar-refractivity contribution >= 4 is 11.8 Å². The van der Waals surface area contributed by atoms with Gasteiger partial charge in [-0.25, -0.2) is 9.78 Å². The number of carbonyl (C=O) groups excluding carboxylic acids is 1. The van der Waals surface area contributed by atoms with Gasteiger partial charge in [-0.2, -0.15) is 13.2 Å². The number of hydrogen-bond acceptors (Lipinski definition) is 3. The van der Waals surface area contributed by atoms with Gasteiger partial charge in [0.2, 0.25) is 0 Å². The van der Waals surface area contributed by atoms with E-state index >= 15 is 0 Å². The lowest BCUT2D eigenvalue weighted by molar-refractivity contribution is -0.183. The summed E-state index contributed by atoms with van der Waals surface area (Å²) in [5.74, 6) is -0.376. The molecule has 1 aromatic rings. The SMILES string of the molecule is O=C(NC1CCN(c2ccccn2)CC1)NC1CCCC(C(F)(F)F)C1. The molecule has 26 heavy (non-hydrogen) atoms. The minimum atomic E-state index is -4.17. The lowest BCUT2D eigenvalue weighted by atomic mass is 9.85. The number of carbonyl (C=O) groups is 1. The fourth-order valence-corrected chi connectivity index (χ4v) is 3.82. The molecule has 1 saturated heterocycles. The number of nitrogens with zero attached hydrogens (tertiary/aromatic N) is 2. The van der Waals surface area contributed by atoms with Crippen molar-refractivity contribution in [1.29, 1.82) is 0 Å². The van der Waals surface area contributed by atoms with Crippen LogP contribution >= 0.6 is 0 Å². The molecule has 2 fully saturated rings. The molecular formula is C18H25F3N4O. The summed E-state index contributed by atoms with van der Waals surface area (Å²) in [4.78, 5) is 18.7. The van der Waals surface area contributed by atoms with E-state index < -0.39 is 18.1 Å². The van der Waals surface area contributed by atoms with Gasteiger partial charge >= 0.3 is 12.2 Å². The zero-order valence-corrected chi connectivity index (χ0v) is 14.6. The van der Waals surface area contributed by atoms with Crippen LogP contribution < -0.4 is 15.5 Å². The normalized spacial score (nSPS) is 25.0. The van der Waals surface area contributed by atoms with Crippen molar-refractivity contribution in [3.63, 3.8) is 0 Å². The number of alkyl halides is 3. The molecule has 144 valence electrons. The maximum Gasteiger partial charge on any atom is 0.391 e. The minimum Gasteiger partial charge on any atom is -0.356 e. The number of pyridine rings is 1. The summed E-state index contributed by atoms with van der Waals surface area (Å²) in [6.07, 6.45) is 0.417. The summed E-state index contributed by atoms with van der Waals surface area (Å²) in [7, 11) is 0. The van der Waals surface area contributed by atoms with E-state index in [0.29, 0.717) is 12.8 Å². The summed E-state index contributed by atoms with van der Waals surface area (Å²) in [6, 6.07) is 5.06. The Morgan fingerprint density at radius 3 is 2.46 bits per heavy atom. The monoisotopic (exact) mass is 370 g/mol. The Hall–Kier alpha value is -1.99. The van der Waals surface area contributed by atoms with Gasteiger partial charge in [-0.1, -0.05) is 12.5 Å². The average molecular weight is 370 g/mol. The van der Waals surface area contributed by atoms with Crippen LogP contribution in [0.1, 0.15) is 38.5 Å². The molecule has 2 heterocycles. The highest BCUT2D eigenvalue weighted by molar-refractivity contribution is 5.74. The Labute approximate surface area is 151 Å². The topological polar surface area (TPSA) is 57.3 Å². The molecule has 0 aromatic carbocycles. The van der Waals surface area contributed by atoms with Gasteiger partial charge in [0.05, 0.1) is 5.92 Å². The van der Waals surface area contributed by atoms with E-state index in [1.165, 1.54) is 0 Å². The van der Waals surface area contributed by atoms with Crippen LogP contribution in [-0.2, 0) is 0 Å². The molecule has 2 aliphatic rings. The lowest BCUT2D eigenvalue weighted by Gasteiger charge is -2.34. The standard InChI is InChI=1S/C18H25F3N4O/c19-18(20,21)13-4-3-5-15(12-13)24-17(26)23-14-7-10-25(11-8-14)16-6-1-2-9-22-16/h1-2,6,9,13-15H,3-5,7-8,10-12H2,(H2,23,24,26). The van der Waals surface area contributed by atoms with Crippen molar-refractivity contribution in [2.45, 2.75) is 56.8 Å². The molecule has 1 aromatic heterocycles. The second-order valence-corrected chi connectivity index (χ2v) is 7.17. The molecule has 8 heteroatoms. The molecule has 0 radical (unpaired) electrons. The molecule has 5 nitrogen and oxygen atoms in total. The number of urea groups is 1. The van der Waals surface area contributed by atoms with Crippen LogP contribution in [-0.4, -0.2) is 42.4 Å². The summed E-state index contributed by atoms with van der Waals surface area (Å²) in [5.41, 5.74) is 0. The summed E-state index contributed by atoms with van der Waals surface area (Å²) in [5, 5.41) is 5.65. The number of aromatic nitrogens is 1. The van der Waals surface area contributed by atoms with Gasteiger partial charge in [0.25, 0.3) is 0 Å². The number of anilines is 1. The van der Waals surface area contributed by atoms with Gasteiger partial charge in [-0.05, 0) is 44.2 Å². The second-order valence-electron chi connectivity index (χ2n) is 7.17. The molecule has 2 unspecified atom stereocenters. The third kappa shape index (κ3) is 5.02. The van der Waals surface area contributed by atoms with E-state index in [1.807, 2.05) is 18.2 Å². The van der Waals surface area contributed by atoms with Crippen LogP contribution in [0.15, 0.2) is 24.4 Å². The van der Waals surface area contributed by atoms with Gasteiger partial charge in [-0.15, -0.1) is 0 Å². The van der Waals surface area contributed by atoms with Crippen LogP contribution in [0.4, 0.5) is 23.8 Å². The maximum absolute atomic E-state index is 12.9. The molecule has 2 N–H and O–H groups in total. The third-order valence-electron chi connectivity index (χ3n) is 5.28. The predicted molar refractivity (Wildman–Crippen MR) is 92.9 cm³/mol. The van der Waals surface area contributed by atoms with E-state index in [0.717, 1.165) is 31.7 Å². The number of hydrogen-bond donors (Lipinski definition) is 2. The number of nitrogens with one attached hydrogen (secondary N) is 2. The highest BCUT2D eigenvalue weighted by Crippen LogP contribution is 2.37. The van der Waals surface area contributed by atoms with Gasteiger partial charge in [0, 0.05) is 31.4 Å². The van der Waals surface area contributed by atoms with Crippen LogP contribution in [0, 0.1) is 5.92 Å². The van der Waals surface area contributed by atoms with Crippen molar-refractivity contribution in [2.24, 2.45) is 5.92 Å². The van der Waals surface area contributed by atoms with Crippen molar-refractivity contribution in [3.05, 3.63) is 24.4 Å². The van der Waals surface area contributed by atoms with Gasteiger partial charge in [-0.3, -0.25) is 0 Å². The number of amides is 2. The van der Waals surface area contributed by atoms with E-state index in [-0.39, 0.29) is 24.9 Å². The number of piperidine rings is 1. The summed E-state index contributed by atoms with van der Waals surface area (Å²) < 4.78 is 38.6. The molecule has 0 bridgehead atoms.